The highest BCUT2D eigenvalue weighted by molar-refractivity contribution is 5.76. The molecular formula is C24H26F2. The van der Waals surface area contributed by atoms with Crippen LogP contribution in [0, 0.1) is 11.6 Å². The molecular weight excluding hydrogens is 326 g/mol. The topological polar surface area (TPSA) is 0 Å². The molecule has 0 radical (unpaired) electrons. The summed E-state index contributed by atoms with van der Waals surface area (Å²) in [4.78, 5) is 0. The van der Waals surface area contributed by atoms with Crippen LogP contribution < -0.4 is 0 Å². The van der Waals surface area contributed by atoms with Crippen LogP contribution in [-0.4, -0.2) is 0 Å². The van der Waals surface area contributed by atoms with Crippen LogP contribution in [0.15, 0.2) is 67.3 Å². The Balaban J connectivity index is 2.27. The molecule has 0 saturated heterocycles. The van der Waals surface area contributed by atoms with Gasteiger partial charge in [-0.25, -0.2) is 8.78 Å². The fraction of sp³-hybridized carbons (Fsp3) is 0.250. The van der Waals surface area contributed by atoms with Crippen LogP contribution in [-0.2, 0) is 6.42 Å². The van der Waals surface area contributed by atoms with Gasteiger partial charge in [0.15, 0.2) is 11.6 Å². The van der Waals surface area contributed by atoms with E-state index in [1.54, 1.807) is 24.3 Å². The number of rotatable bonds is 8. The molecule has 0 nitrogen and oxygen atoms in total. The Hall–Kier alpha value is -2.48. The molecule has 0 heterocycles. The molecule has 136 valence electrons. The maximum Gasteiger partial charge on any atom is 0.167 e. The van der Waals surface area contributed by atoms with Crippen molar-refractivity contribution in [2.75, 3.05) is 0 Å². The van der Waals surface area contributed by atoms with Gasteiger partial charge in [0.1, 0.15) is 0 Å². The van der Waals surface area contributed by atoms with Crippen LogP contribution in [0.5, 0.6) is 0 Å². The van der Waals surface area contributed by atoms with E-state index in [-0.39, 0.29) is 11.1 Å². The highest BCUT2D eigenvalue weighted by Crippen LogP contribution is 2.29. The lowest BCUT2D eigenvalue weighted by Crippen LogP contribution is -1.96. The zero-order chi connectivity index (χ0) is 19.1. The van der Waals surface area contributed by atoms with Crippen molar-refractivity contribution in [1.82, 2.24) is 0 Å². The zero-order valence-electron chi connectivity index (χ0n) is 15.6. The fourth-order valence-electron chi connectivity index (χ4n) is 2.68. The first kappa shape index (κ1) is 19.8. The maximum absolute atomic E-state index is 14.6. The van der Waals surface area contributed by atoms with E-state index < -0.39 is 11.6 Å². The average molecular weight is 352 g/mol. The summed E-state index contributed by atoms with van der Waals surface area (Å²) in [7, 11) is 0. The lowest BCUT2D eigenvalue weighted by Gasteiger charge is -2.10. The molecule has 26 heavy (non-hydrogen) atoms. The predicted molar refractivity (Wildman–Crippen MR) is 108 cm³/mol. The number of aryl methyl sites for hydroxylation is 1. The molecule has 0 atom stereocenters. The van der Waals surface area contributed by atoms with Gasteiger partial charge in [-0.05, 0) is 36.0 Å². The second kappa shape index (κ2) is 9.28. The van der Waals surface area contributed by atoms with Crippen molar-refractivity contribution < 1.29 is 8.78 Å². The molecule has 0 amide bonds. The van der Waals surface area contributed by atoms with Gasteiger partial charge in [0.2, 0.25) is 0 Å². The number of hydrogen-bond donors (Lipinski definition) is 0. The van der Waals surface area contributed by atoms with Gasteiger partial charge in [0, 0.05) is 11.1 Å². The standard InChI is InChI=1S/C24H26F2/c1-5-7-8-19-11-13-20(14-12-19)22-16-15-21(23(25)24(22)26)18(4)10-9-17(3)6-2/h9-16H,3-8H2,1-2H3/b10-9-. The van der Waals surface area contributed by atoms with Gasteiger partial charge in [0.25, 0.3) is 0 Å². The minimum absolute atomic E-state index is 0.172. The number of unbranched alkanes of at least 4 members (excludes halogenated alkanes) is 1. The third-order valence-electron chi connectivity index (χ3n) is 4.49. The van der Waals surface area contributed by atoms with Crippen LogP contribution in [0.2, 0.25) is 0 Å². The largest absolute Gasteiger partial charge is 0.203 e. The van der Waals surface area contributed by atoms with E-state index in [4.69, 9.17) is 0 Å². The Bertz CT molecular complexity index is 811. The Morgan fingerprint density at radius 1 is 0.923 bits per heavy atom. The van der Waals surface area contributed by atoms with Crippen LogP contribution in [0.3, 0.4) is 0 Å². The maximum atomic E-state index is 14.6. The average Bonchev–Trinajstić information content (AvgIpc) is 2.66. The lowest BCUT2D eigenvalue weighted by molar-refractivity contribution is 0.509. The van der Waals surface area contributed by atoms with Gasteiger partial charge in [-0.15, -0.1) is 0 Å². The summed E-state index contributed by atoms with van der Waals surface area (Å²) in [5.41, 5.74) is 3.66. The molecule has 2 heteroatoms. The van der Waals surface area contributed by atoms with Gasteiger partial charge < -0.3 is 0 Å². The highest BCUT2D eigenvalue weighted by atomic mass is 19.2. The van der Waals surface area contributed by atoms with Crippen LogP contribution in [0.1, 0.15) is 44.2 Å². The summed E-state index contributed by atoms with van der Waals surface area (Å²) in [6.07, 6.45) is 7.51. The fourth-order valence-corrected chi connectivity index (χ4v) is 2.68. The molecule has 0 aliphatic heterocycles. The highest BCUT2D eigenvalue weighted by Gasteiger charge is 2.15. The summed E-state index contributed by atoms with van der Waals surface area (Å²) in [5.74, 6) is -1.71. The van der Waals surface area contributed by atoms with Crippen molar-refractivity contribution in [3.05, 3.63) is 90.0 Å². The number of benzene rings is 2. The molecule has 0 aromatic heterocycles. The van der Waals surface area contributed by atoms with Crippen molar-refractivity contribution in [3.8, 4) is 11.1 Å². The van der Waals surface area contributed by atoms with Gasteiger partial charge >= 0.3 is 0 Å². The summed E-state index contributed by atoms with van der Waals surface area (Å²) in [5, 5.41) is 0. The predicted octanol–water partition coefficient (Wildman–Crippen LogP) is 7.51. The molecule has 0 N–H and O–H groups in total. The Morgan fingerprint density at radius 3 is 2.23 bits per heavy atom. The SMILES string of the molecule is C=C(/C=C\C(=C)c1ccc(-c2ccc(CCCC)cc2)c(F)c1F)CC. The first-order valence-corrected chi connectivity index (χ1v) is 9.10. The molecule has 2 aromatic rings. The normalized spacial score (nSPS) is 11.1. The quantitative estimate of drug-likeness (QED) is 0.431. The second-order valence-corrected chi connectivity index (χ2v) is 6.46. The molecule has 0 bridgehead atoms. The van der Waals surface area contributed by atoms with E-state index in [1.165, 1.54) is 5.56 Å². The van der Waals surface area contributed by atoms with E-state index >= 15 is 0 Å². The summed E-state index contributed by atoms with van der Waals surface area (Å²) in [6.45, 7) is 11.8. The minimum Gasteiger partial charge on any atom is -0.203 e. The molecule has 0 unspecified atom stereocenters. The van der Waals surface area contributed by atoms with Gasteiger partial charge in [-0.1, -0.05) is 87.5 Å². The lowest BCUT2D eigenvalue weighted by atomic mass is 9.97. The van der Waals surface area contributed by atoms with Crippen molar-refractivity contribution >= 4 is 5.57 Å². The Morgan fingerprint density at radius 2 is 1.62 bits per heavy atom. The summed E-state index contributed by atoms with van der Waals surface area (Å²) in [6, 6.07) is 10.9. The van der Waals surface area contributed by atoms with E-state index in [0.29, 0.717) is 11.1 Å². The van der Waals surface area contributed by atoms with Crippen molar-refractivity contribution in [3.63, 3.8) is 0 Å². The number of allylic oxidation sites excluding steroid dienone is 4. The van der Waals surface area contributed by atoms with Gasteiger partial charge in [-0.3, -0.25) is 0 Å². The zero-order valence-corrected chi connectivity index (χ0v) is 15.6. The molecule has 0 fully saturated rings. The van der Waals surface area contributed by atoms with Crippen molar-refractivity contribution in [2.24, 2.45) is 0 Å². The van der Waals surface area contributed by atoms with E-state index in [1.807, 2.05) is 31.2 Å². The minimum atomic E-state index is -0.866. The number of halogens is 2. The van der Waals surface area contributed by atoms with Crippen LogP contribution in [0.4, 0.5) is 8.78 Å². The summed E-state index contributed by atoms with van der Waals surface area (Å²) < 4.78 is 29.2. The van der Waals surface area contributed by atoms with E-state index in [0.717, 1.165) is 31.3 Å². The second-order valence-electron chi connectivity index (χ2n) is 6.46. The third-order valence-corrected chi connectivity index (χ3v) is 4.49. The summed E-state index contributed by atoms with van der Waals surface area (Å²) >= 11 is 0. The molecule has 0 spiro atoms. The van der Waals surface area contributed by atoms with Crippen LogP contribution >= 0.6 is 0 Å². The third kappa shape index (κ3) is 4.78. The Kier molecular flexibility index (Phi) is 7.08. The van der Waals surface area contributed by atoms with Crippen LogP contribution in [0.25, 0.3) is 16.7 Å². The monoisotopic (exact) mass is 352 g/mol. The van der Waals surface area contributed by atoms with Crippen molar-refractivity contribution in [1.29, 1.82) is 0 Å². The molecule has 2 aromatic carbocycles. The molecule has 0 aliphatic carbocycles. The van der Waals surface area contributed by atoms with Crippen molar-refractivity contribution in [2.45, 2.75) is 39.5 Å². The molecule has 0 saturated carbocycles. The molecule has 2 rings (SSSR count). The first-order valence-electron chi connectivity index (χ1n) is 9.10. The van der Waals surface area contributed by atoms with Gasteiger partial charge in [-0.2, -0.15) is 0 Å². The van der Waals surface area contributed by atoms with E-state index in [2.05, 4.69) is 20.1 Å². The Labute approximate surface area is 155 Å². The molecule has 0 aliphatic rings. The smallest absolute Gasteiger partial charge is 0.167 e. The number of hydrogen-bond acceptors (Lipinski definition) is 0. The first-order chi connectivity index (χ1) is 12.5. The van der Waals surface area contributed by atoms with Gasteiger partial charge in [0.05, 0.1) is 0 Å². The van der Waals surface area contributed by atoms with E-state index in [9.17, 15) is 8.78 Å².